The molecule has 1 aliphatic heterocycles. The Bertz CT molecular complexity index is 621. The van der Waals surface area contributed by atoms with Gasteiger partial charge in [0.15, 0.2) is 0 Å². The number of amides is 1. The lowest BCUT2D eigenvalue weighted by atomic mass is 10.0. The van der Waals surface area contributed by atoms with Crippen LogP contribution in [0.3, 0.4) is 0 Å². The van der Waals surface area contributed by atoms with Crippen molar-refractivity contribution in [3.63, 3.8) is 0 Å². The normalized spacial score (nSPS) is 18.1. The molecule has 0 radical (unpaired) electrons. The molecular formula is C16H27N3O3S2. The Morgan fingerprint density at radius 3 is 2.46 bits per heavy atom. The second-order valence-corrected chi connectivity index (χ2v) is 9.33. The fraction of sp³-hybridized carbons (Fsp3) is 0.688. The summed E-state index contributed by atoms with van der Waals surface area (Å²) in [6, 6.07) is 2.52. The summed E-state index contributed by atoms with van der Waals surface area (Å²) in [6.07, 6.45) is 1.10. The van der Waals surface area contributed by atoms with Gasteiger partial charge in [-0.3, -0.25) is 9.69 Å². The van der Waals surface area contributed by atoms with Crippen LogP contribution in [0.15, 0.2) is 21.7 Å². The molecule has 0 saturated carbocycles. The largest absolute Gasteiger partial charge is 0.339 e. The first-order valence-electron chi connectivity index (χ1n) is 8.42. The number of rotatable bonds is 7. The molecule has 8 heteroatoms. The first kappa shape index (κ1) is 19.4. The summed E-state index contributed by atoms with van der Waals surface area (Å²) in [6.45, 7) is 9.93. The molecule has 1 aliphatic rings. The van der Waals surface area contributed by atoms with Crippen molar-refractivity contribution in [2.45, 2.75) is 37.4 Å². The standard InChI is InChI=1S/C16H27N3O3S2/c1-4-7-18-8-10-19(11-9-18)16(20)15(13(2)3)17-24(21,22)14-6-5-12-23-14/h5-6,12-13,15,17H,4,7-11H2,1-3H3. The average Bonchev–Trinajstić information content (AvgIpc) is 3.08. The molecular weight excluding hydrogens is 346 g/mol. The third-order valence-electron chi connectivity index (χ3n) is 4.20. The molecule has 0 aromatic carbocycles. The van der Waals surface area contributed by atoms with Crippen molar-refractivity contribution in [2.24, 2.45) is 5.92 Å². The van der Waals surface area contributed by atoms with E-state index in [2.05, 4.69) is 16.5 Å². The van der Waals surface area contributed by atoms with Crippen molar-refractivity contribution < 1.29 is 13.2 Å². The summed E-state index contributed by atoms with van der Waals surface area (Å²) in [4.78, 5) is 17.0. The van der Waals surface area contributed by atoms with E-state index in [0.717, 1.165) is 37.4 Å². The van der Waals surface area contributed by atoms with Crippen LogP contribution >= 0.6 is 11.3 Å². The minimum atomic E-state index is -3.65. The van der Waals surface area contributed by atoms with Crippen molar-refractivity contribution >= 4 is 27.3 Å². The second kappa shape index (κ2) is 8.42. The number of nitrogens with zero attached hydrogens (tertiary/aromatic N) is 2. The SMILES string of the molecule is CCCN1CCN(C(=O)C(NS(=O)(=O)c2cccs2)C(C)C)CC1. The Kier molecular flexibility index (Phi) is 6.79. The van der Waals surface area contributed by atoms with Gasteiger partial charge in [-0.2, -0.15) is 4.72 Å². The molecule has 2 heterocycles. The summed E-state index contributed by atoms with van der Waals surface area (Å²) in [5, 5.41) is 1.72. The maximum absolute atomic E-state index is 12.8. The number of piperazine rings is 1. The van der Waals surface area contributed by atoms with Crippen LogP contribution < -0.4 is 4.72 Å². The molecule has 24 heavy (non-hydrogen) atoms. The Labute approximate surface area is 148 Å². The van der Waals surface area contributed by atoms with E-state index in [1.54, 1.807) is 22.4 Å². The monoisotopic (exact) mass is 373 g/mol. The summed E-state index contributed by atoms with van der Waals surface area (Å²) >= 11 is 1.15. The van der Waals surface area contributed by atoms with E-state index >= 15 is 0 Å². The molecule has 1 saturated heterocycles. The molecule has 1 atom stereocenters. The molecule has 1 fully saturated rings. The van der Waals surface area contributed by atoms with Gasteiger partial charge in [0.05, 0.1) is 0 Å². The van der Waals surface area contributed by atoms with Gasteiger partial charge in [-0.25, -0.2) is 8.42 Å². The van der Waals surface area contributed by atoms with Gasteiger partial charge >= 0.3 is 0 Å². The maximum atomic E-state index is 12.8. The number of hydrogen-bond acceptors (Lipinski definition) is 5. The van der Waals surface area contributed by atoms with Crippen LogP contribution in [-0.2, 0) is 14.8 Å². The van der Waals surface area contributed by atoms with Gasteiger partial charge in [-0.15, -0.1) is 11.3 Å². The highest BCUT2D eigenvalue weighted by atomic mass is 32.2. The zero-order chi connectivity index (χ0) is 17.7. The Morgan fingerprint density at radius 2 is 1.96 bits per heavy atom. The number of hydrogen-bond donors (Lipinski definition) is 1. The van der Waals surface area contributed by atoms with Crippen LogP contribution in [0.25, 0.3) is 0 Å². The first-order valence-corrected chi connectivity index (χ1v) is 10.8. The van der Waals surface area contributed by atoms with Crippen molar-refractivity contribution in [1.29, 1.82) is 0 Å². The van der Waals surface area contributed by atoms with Crippen molar-refractivity contribution in [1.82, 2.24) is 14.5 Å². The van der Waals surface area contributed by atoms with E-state index in [1.165, 1.54) is 0 Å². The molecule has 1 N–H and O–H groups in total. The number of carbonyl (C=O) groups excluding carboxylic acids is 1. The average molecular weight is 374 g/mol. The number of sulfonamides is 1. The predicted molar refractivity (Wildman–Crippen MR) is 96.6 cm³/mol. The van der Waals surface area contributed by atoms with E-state index in [4.69, 9.17) is 0 Å². The topological polar surface area (TPSA) is 69.7 Å². The summed E-state index contributed by atoms with van der Waals surface area (Å²) in [5.74, 6) is -0.234. The van der Waals surface area contributed by atoms with Crippen molar-refractivity contribution in [3.05, 3.63) is 17.5 Å². The van der Waals surface area contributed by atoms with E-state index < -0.39 is 16.1 Å². The van der Waals surface area contributed by atoms with Crippen LogP contribution in [0.1, 0.15) is 27.2 Å². The second-order valence-electron chi connectivity index (χ2n) is 6.44. The molecule has 136 valence electrons. The zero-order valence-electron chi connectivity index (χ0n) is 14.6. The number of thiophene rings is 1. The minimum absolute atomic E-state index is 0.110. The van der Waals surface area contributed by atoms with Crippen LogP contribution in [0.2, 0.25) is 0 Å². The number of nitrogens with one attached hydrogen (secondary N) is 1. The highest BCUT2D eigenvalue weighted by Crippen LogP contribution is 2.18. The van der Waals surface area contributed by atoms with Gasteiger partial charge in [0.2, 0.25) is 5.91 Å². The lowest BCUT2D eigenvalue weighted by molar-refractivity contribution is -0.135. The third-order valence-corrected chi connectivity index (χ3v) is 7.04. The fourth-order valence-corrected chi connectivity index (χ4v) is 5.17. The van der Waals surface area contributed by atoms with Gasteiger partial charge < -0.3 is 4.90 Å². The smallest absolute Gasteiger partial charge is 0.250 e. The molecule has 0 aliphatic carbocycles. The molecule has 0 bridgehead atoms. The van der Waals surface area contributed by atoms with E-state index in [-0.39, 0.29) is 16.0 Å². The molecule has 0 spiro atoms. The predicted octanol–water partition coefficient (Wildman–Crippen LogP) is 1.61. The Hall–Kier alpha value is -0.960. The highest BCUT2D eigenvalue weighted by molar-refractivity contribution is 7.91. The Morgan fingerprint density at radius 1 is 1.29 bits per heavy atom. The molecule has 1 unspecified atom stereocenters. The highest BCUT2D eigenvalue weighted by Gasteiger charge is 2.33. The lowest BCUT2D eigenvalue weighted by Crippen LogP contribution is -2.56. The molecule has 1 aromatic heterocycles. The molecule has 1 amide bonds. The summed E-state index contributed by atoms with van der Waals surface area (Å²) in [7, 11) is -3.65. The van der Waals surface area contributed by atoms with E-state index in [9.17, 15) is 13.2 Å². The van der Waals surface area contributed by atoms with Gasteiger partial charge in [0.1, 0.15) is 10.3 Å². The van der Waals surface area contributed by atoms with Crippen LogP contribution in [0.5, 0.6) is 0 Å². The minimum Gasteiger partial charge on any atom is -0.339 e. The van der Waals surface area contributed by atoms with Crippen molar-refractivity contribution in [2.75, 3.05) is 32.7 Å². The zero-order valence-corrected chi connectivity index (χ0v) is 16.2. The molecule has 6 nitrogen and oxygen atoms in total. The third kappa shape index (κ3) is 4.78. The fourth-order valence-electron chi connectivity index (χ4n) is 2.82. The quantitative estimate of drug-likeness (QED) is 0.788. The van der Waals surface area contributed by atoms with Gasteiger partial charge in [-0.1, -0.05) is 26.8 Å². The summed E-state index contributed by atoms with van der Waals surface area (Å²) < 4.78 is 27.8. The first-order chi connectivity index (χ1) is 11.3. The van der Waals surface area contributed by atoms with Gasteiger partial charge in [-0.05, 0) is 30.3 Å². The van der Waals surface area contributed by atoms with Gasteiger partial charge in [0.25, 0.3) is 10.0 Å². The lowest BCUT2D eigenvalue weighted by Gasteiger charge is -2.37. The molecule has 1 aromatic rings. The van der Waals surface area contributed by atoms with Crippen LogP contribution in [0.4, 0.5) is 0 Å². The van der Waals surface area contributed by atoms with Gasteiger partial charge in [0, 0.05) is 26.2 Å². The molecule has 2 rings (SSSR count). The maximum Gasteiger partial charge on any atom is 0.250 e. The van der Waals surface area contributed by atoms with E-state index in [1.807, 2.05) is 13.8 Å². The van der Waals surface area contributed by atoms with Crippen LogP contribution in [-0.4, -0.2) is 62.9 Å². The Balaban J connectivity index is 2.04. The van der Waals surface area contributed by atoms with Crippen LogP contribution in [0, 0.1) is 5.92 Å². The van der Waals surface area contributed by atoms with E-state index in [0.29, 0.717) is 13.1 Å². The summed E-state index contributed by atoms with van der Waals surface area (Å²) in [5.41, 5.74) is 0. The van der Waals surface area contributed by atoms with Crippen molar-refractivity contribution in [3.8, 4) is 0 Å². The number of carbonyl (C=O) groups is 1.